The maximum absolute atomic E-state index is 13.2. The molecule has 1 saturated heterocycles. The first-order chi connectivity index (χ1) is 12.7. The number of aliphatic hydroxyl groups excluding tert-OH is 1. The standard InChI is InChI=1S/C19H24O8/c1-2-4-14-19(26)17(24)16-11(5-3-6-13(16)21)12(9-20)18(19,25)8-10(27-14)7-15(22)23/h3,5-6,10,12,14,20-21,25-26H,2,4,7-9H2,1H3,(H,22,23). The third kappa shape index (κ3) is 2.75. The molecule has 148 valence electrons. The van der Waals surface area contributed by atoms with Crippen LogP contribution in [0.4, 0.5) is 0 Å². The van der Waals surface area contributed by atoms with Crippen molar-refractivity contribution in [1.82, 2.24) is 0 Å². The highest BCUT2D eigenvalue weighted by molar-refractivity contribution is 6.08. The van der Waals surface area contributed by atoms with Gasteiger partial charge in [-0.1, -0.05) is 25.5 Å². The lowest BCUT2D eigenvalue weighted by Gasteiger charge is -2.57. The number of carbonyl (C=O) groups is 2. The van der Waals surface area contributed by atoms with Crippen LogP contribution in [0.1, 0.15) is 54.4 Å². The number of fused-ring (bicyclic) bond motifs is 2. The van der Waals surface area contributed by atoms with Gasteiger partial charge in [0.15, 0.2) is 5.60 Å². The first-order valence-electron chi connectivity index (χ1n) is 9.00. The number of aromatic hydroxyl groups is 1. The number of benzene rings is 1. The first kappa shape index (κ1) is 19.8. The number of Topliss-reactive ketones (excluding diaryl/α,β-unsaturated/α-hetero) is 1. The molecule has 8 nitrogen and oxygen atoms in total. The smallest absolute Gasteiger partial charge is 0.305 e. The number of hydrogen-bond acceptors (Lipinski definition) is 7. The summed E-state index contributed by atoms with van der Waals surface area (Å²) in [7, 11) is 0. The van der Waals surface area contributed by atoms with Crippen LogP contribution in [0.3, 0.4) is 0 Å². The van der Waals surface area contributed by atoms with Gasteiger partial charge in [-0.05, 0) is 18.1 Å². The van der Waals surface area contributed by atoms with E-state index in [4.69, 9.17) is 9.84 Å². The van der Waals surface area contributed by atoms with Crippen molar-refractivity contribution in [3.63, 3.8) is 0 Å². The number of carboxylic acid groups (broad SMARTS) is 1. The highest BCUT2D eigenvalue weighted by Crippen LogP contribution is 2.54. The van der Waals surface area contributed by atoms with Gasteiger partial charge in [-0.25, -0.2) is 0 Å². The van der Waals surface area contributed by atoms with Crippen LogP contribution in [0.2, 0.25) is 0 Å². The van der Waals surface area contributed by atoms with E-state index in [9.17, 15) is 30.0 Å². The molecule has 3 rings (SSSR count). The van der Waals surface area contributed by atoms with Crippen molar-refractivity contribution in [1.29, 1.82) is 0 Å². The minimum atomic E-state index is -2.41. The molecule has 0 aromatic heterocycles. The Hall–Kier alpha value is -2.00. The molecule has 0 spiro atoms. The zero-order valence-electron chi connectivity index (χ0n) is 15.0. The second kappa shape index (κ2) is 6.87. The summed E-state index contributed by atoms with van der Waals surface area (Å²) in [5.41, 5.74) is -4.46. The molecule has 27 heavy (non-hydrogen) atoms. The van der Waals surface area contributed by atoms with E-state index in [1.54, 1.807) is 6.92 Å². The van der Waals surface area contributed by atoms with Crippen molar-refractivity contribution in [3.8, 4) is 5.75 Å². The van der Waals surface area contributed by atoms with Crippen LogP contribution in [0.25, 0.3) is 0 Å². The number of carboxylic acids is 1. The van der Waals surface area contributed by atoms with E-state index < -0.39 is 54.1 Å². The van der Waals surface area contributed by atoms with Gasteiger partial charge in [0.2, 0.25) is 5.78 Å². The van der Waals surface area contributed by atoms with Gasteiger partial charge in [0.25, 0.3) is 0 Å². The first-order valence-corrected chi connectivity index (χ1v) is 9.00. The van der Waals surface area contributed by atoms with Crippen LogP contribution in [-0.4, -0.2) is 67.3 Å². The summed E-state index contributed by atoms with van der Waals surface area (Å²) in [5, 5.41) is 52.3. The van der Waals surface area contributed by atoms with Crippen LogP contribution in [-0.2, 0) is 9.53 Å². The number of hydrogen-bond donors (Lipinski definition) is 5. The molecule has 0 saturated carbocycles. The van der Waals surface area contributed by atoms with Crippen LogP contribution < -0.4 is 0 Å². The average molecular weight is 380 g/mol. The molecule has 5 N–H and O–H groups in total. The number of rotatable bonds is 5. The molecule has 5 atom stereocenters. The van der Waals surface area contributed by atoms with Crippen LogP contribution in [0.5, 0.6) is 5.75 Å². The van der Waals surface area contributed by atoms with Crippen molar-refractivity contribution >= 4 is 11.8 Å². The maximum atomic E-state index is 13.2. The van der Waals surface area contributed by atoms with Gasteiger partial charge in [-0.2, -0.15) is 0 Å². The summed E-state index contributed by atoms with van der Waals surface area (Å²) in [5.74, 6) is -3.45. The Morgan fingerprint density at radius 2 is 2.04 bits per heavy atom. The Kier molecular flexibility index (Phi) is 5.02. The van der Waals surface area contributed by atoms with Gasteiger partial charge in [0, 0.05) is 12.3 Å². The second-order valence-electron chi connectivity index (χ2n) is 7.33. The Balaban J connectivity index is 2.21. The Morgan fingerprint density at radius 1 is 1.33 bits per heavy atom. The summed E-state index contributed by atoms with van der Waals surface area (Å²) in [4.78, 5) is 24.4. The molecule has 1 heterocycles. The molecule has 0 radical (unpaired) electrons. The molecule has 1 aromatic rings. The SMILES string of the molecule is CCCC1OC(CC(=O)O)CC2(O)C(CO)c3cccc(O)c3C(=O)C12O. The van der Waals surface area contributed by atoms with E-state index >= 15 is 0 Å². The molecule has 1 aliphatic heterocycles. The van der Waals surface area contributed by atoms with E-state index in [2.05, 4.69) is 0 Å². The monoisotopic (exact) mass is 380 g/mol. The largest absolute Gasteiger partial charge is 0.507 e. The second-order valence-corrected chi connectivity index (χ2v) is 7.33. The van der Waals surface area contributed by atoms with Crippen LogP contribution >= 0.6 is 0 Å². The van der Waals surface area contributed by atoms with Crippen molar-refractivity contribution in [2.45, 2.75) is 61.9 Å². The zero-order valence-corrected chi connectivity index (χ0v) is 15.0. The van der Waals surface area contributed by atoms with Gasteiger partial charge in [0.05, 0.1) is 30.8 Å². The fourth-order valence-corrected chi connectivity index (χ4v) is 4.56. The predicted octanol–water partition coefficient (Wildman–Crippen LogP) is 0.559. The van der Waals surface area contributed by atoms with Gasteiger partial charge in [0.1, 0.15) is 11.4 Å². The zero-order chi connectivity index (χ0) is 20.0. The highest BCUT2D eigenvalue weighted by atomic mass is 16.5. The number of phenolic OH excluding ortho intramolecular Hbond substituents is 1. The van der Waals surface area contributed by atoms with Gasteiger partial charge < -0.3 is 30.3 Å². The molecule has 5 unspecified atom stereocenters. The summed E-state index contributed by atoms with van der Waals surface area (Å²) >= 11 is 0. The van der Waals surface area contributed by atoms with Crippen LogP contribution in [0.15, 0.2) is 18.2 Å². The minimum Gasteiger partial charge on any atom is -0.507 e. The van der Waals surface area contributed by atoms with Crippen molar-refractivity contribution in [2.75, 3.05) is 6.61 Å². The minimum absolute atomic E-state index is 0.148. The molecule has 1 aliphatic carbocycles. The normalized spacial score (nSPS) is 35.4. The number of aliphatic hydroxyl groups is 3. The molecular formula is C19H24O8. The van der Waals surface area contributed by atoms with Crippen molar-refractivity contribution in [3.05, 3.63) is 29.3 Å². The fraction of sp³-hybridized carbons (Fsp3) is 0.579. The molecule has 1 aromatic carbocycles. The molecule has 0 bridgehead atoms. The Labute approximate surface area is 156 Å². The number of phenols is 1. The van der Waals surface area contributed by atoms with Crippen LogP contribution in [0, 0.1) is 0 Å². The number of aliphatic carboxylic acids is 1. The fourth-order valence-electron chi connectivity index (χ4n) is 4.56. The van der Waals surface area contributed by atoms with Crippen molar-refractivity contribution < 1.29 is 39.9 Å². The lowest BCUT2D eigenvalue weighted by molar-refractivity contribution is -0.264. The van der Waals surface area contributed by atoms with E-state index in [1.165, 1.54) is 18.2 Å². The third-order valence-electron chi connectivity index (χ3n) is 5.76. The molecule has 8 heteroatoms. The number of ether oxygens (including phenoxy) is 1. The van der Waals surface area contributed by atoms with Crippen molar-refractivity contribution in [2.24, 2.45) is 0 Å². The molecule has 1 fully saturated rings. The van der Waals surface area contributed by atoms with E-state index in [-0.39, 0.29) is 29.7 Å². The number of ketones is 1. The average Bonchev–Trinajstić information content (AvgIpc) is 2.58. The molecular weight excluding hydrogens is 356 g/mol. The summed E-state index contributed by atoms with van der Waals surface area (Å²) in [6, 6.07) is 4.28. The summed E-state index contributed by atoms with van der Waals surface area (Å²) in [6.07, 6.45) is -2.13. The summed E-state index contributed by atoms with van der Waals surface area (Å²) in [6.45, 7) is 1.20. The Bertz CT molecular complexity index is 762. The molecule has 2 aliphatic rings. The van der Waals surface area contributed by atoms with E-state index in [1.807, 2.05) is 0 Å². The third-order valence-corrected chi connectivity index (χ3v) is 5.76. The lowest BCUT2D eigenvalue weighted by atomic mass is 9.57. The quantitative estimate of drug-likeness (QED) is 0.498. The molecule has 0 amide bonds. The topological polar surface area (TPSA) is 145 Å². The Morgan fingerprint density at radius 3 is 2.63 bits per heavy atom. The van der Waals surface area contributed by atoms with Gasteiger partial charge in [-0.15, -0.1) is 0 Å². The highest BCUT2D eigenvalue weighted by Gasteiger charge is 2.69. The predicted molar refractivity (Wildman–Crippen MR) is 92.6 cm³/mol. The van der Waals surface area contributed by atoms with Gasteiger partial charge in [-0.3, -0.25) is 9.59 Å². The van der Waals surface area contributed by atoms with Gasteiger partial charge >= 0.3 is 5.97 Å². The maximum Gasteiger partial charge on any atom is 0.305 e. The van der Waals surface area contributed by atoms with E-state index in [0.29, 0.717) is 6.42 Å². The summed E-state index contributed by atoms with van der Waals surface area (Å²) < 4.78 is 5.72. The lowest BCUT2D eigenvalue weighted by Crippen LogP contribution is -2.75. The number of carbonyl (C=O) groups excluding carboxylic acids is 1. The van der Waals surface area contributed by atoms with E-state index in [0.717, 1.165) is 0 Å².